The zero-order valence-corrected chi connectivity index (χ0v) is 16.6. The highest BCUT2D eigenvalue weighted by Crippen LogP contribution is 2.23. The van der Waals surface area contributed by atoms with E-state index < -0.39 is 10.0 Å². The minimum atomic E-state index is -3.46. The van der Waals surface area contributed by atoms with E-state index in [0.717, 1.165) is 4.31 Å². The number of anilines is 3. The molecule has 2 rings (SSSR count). The summed E-state index contributed by atoms with van der Waals surface area (Å²) in [7, 11) is 1.13. The minimum absolute atomic E-state index is 0.0239. The lowest BCUT2D eigenvalue weighted by Crippen LogP contribution is -2.22. The zero-order valence-electron chi connectivity index (χ0n) is 15.0. The van der Waals surface area contributed by atoms with E-state index in [1.807, 2.05) is 6.92 Å². The highest BCUT2D eigenvalue weighted by atomic mass is 35.5. The maximum Gasteiger partial charge on any atom is 0.242 e. The predicted octanol–water partition coefficient (Wildman–Crippen LogP) is 2.57. The van der Waals surface area contributed by atoms with Crippen molar-refractivity contribution in [1.82, 2.24) is 14.3 Å². The Morgan fingerprint density at radius 3 is 2.50 bits per heavy atom. The third kappa shape index (κ3) is 5.04. The lowest BCUT2D eigenvalue weighted by atomic mass is 10.3. The van der Waals surface area contributed by atoms with Crippen LogP contribution >= 0.6 is 11.6 Å². The van der Waals surface area contributed by atoms with E-state index >= 15 is 0 Å². The Morgan fingerprint density at radius 1 is 1.27 bits per heavy atom. The van der Waals surface area contributed by atoms with Crippen LogP contribution in [0, 0.1) is 0 Å². The third-order valence-electron chi connectivity index (χ3n) is 3.43. The van der Waals surface area contributed by atoms with Gasteiger partial charge in [0.25, 0.3) is 0 Å². The van der Waals surface area contributed by atoms with Crippen molar-refractivity contribution in [2.24, 2.45) is 0 Å². The van der Waals surface area contributed by atoms with Gasteiger partial charge in [-0.05, 0) is 31.2 Å². The molecule has 26 heavy (non-hydrogen) atoms. The number of benzene rings is 1. The second-order valence-corrected chi connectivity index (χ2v) is 8.39. The summed E-state index contributed by atoms with van der Waals surface area (Å²) in [6.07, 6.45) is 1.49. The van der Waals surface area contributed by atoms with E-state index in [0.29, 0.717) is 29.1 Å². The van der Waals surface area contributed by atoms with Gasteiger partial charge in [-0.1, -0.05) is 11.6 Å². The number of nitrogens with zero attached hydrogens (tertiary/aromatic N) is 3. The maximum atomic E-state index is 12.1. The first kappa shape index (κ1) is 20.4. The van der Waals surface area contributed by atoms with Crippen molar-refractivity contribution in [3.05, 3.63) is 35.5 Å². The average Bonchev–Trinajstić information content (AvgIpc) is 2.58. The summed E-state index contributed by atoms with van der Waals surface area (Å²) in [6.45, 7) is 2.45. The van der Waals surface area contributed by atoms with E-state index in [2.05, 4.69) is 20.6 Å². The quantitative estimate of drug-likeness (QED) is 0.704. The Balaban J connectivity index is 2.16. The Kier molecular flexibility index (Phi) is 6.76. The van der Waals surface area contributed by atoms with Crippen molar-refractivity contribution in [2.45, 2.75) is 17.9 Å². The topological polar surface area (TPSA) is 96.4 Å². The van der Waals surface area contributed by atoms with Crippen LogP contribution in [0.4, 0.5) is 17.5 Å². The molecule has 1 aromatic carbocycles. The van der Waals surface area contributed by atoms with Gasteiger partial charge in [0.15, 0.2) is 5.82 Å². The standard InChI is InChI=1S/C16H22ClN5O3S/c1-11(10-25-4)19-15-14(17)9-18-16(21-15)20-12-5-7-13(8-6-12)26(23,24)22(2)3/h5-9,11H,10H2,1-4H3,(H2,18,19,20,21). The van der Waals surface area contributed by atoms with Crippen molar-refractivity contribution in [1.29, 1.82) is 0 Å². The molecule has 2 N–H and O–H groups in total. The summed E-state index contributed by atoms with van der Waals surface area (Å²) >= 11 is 6.12. The van der Waals surface area contributed by atoms with E-state index in [4.69, 9.17) is 16.3 Å². The predicted molar refractivity (Wildman–Crippen MR) is 103 cm³/mol. The van der Waals surface area contributed by atoms with Crippen LogP contribution in [0.15, 0.2) is 35.4 Å². The molecule has 0 spiro atoms. The number of rotatable bonds is 8. The Morgan fingerprint density at radius 2 is 1.92 bits per heavy atom. The number of ether oxygens (including phenoxy) is 1. The number of hydrogen-bond acceptors (Lipinski definition) is 7. The molecule has 0 fully saturated rings. The molecule has 0 aliphatic heterocycles. The van der Waals surface area contributed by atoms with Crippen LogP contribution in [0.25, 0.3) is 0 Å². The van der Waals surface area contributed by atoms with Gasteiger partial charge >= 0.3 is 0 Å². The summed E-state index contributed by atoms with van der Waals surface area (Å²) in [5, 5.41) is 6.56. The molecule has 0 radical (unpaired) electrons. The first-order valence-electron chi connectivity index (χ1n) is 7.81. The van der Waals surface area contributed by atoms with Gasteiger partial charge in [-0.25, -0.2) is 17.7 Å². The van der Waals surface area contributed by atoms with E-state index in [1.165, 1.54) is 32.4 Å². The van der Waals surface area contributed by atoms with Crippen LogP contribution < -0.4 is 10.6 Å². The number of sulfonamides is 1. The average molecular weight is 400 g/mol. The lowest BCUT2D eigenvalue weighted by Gasteiger charge is -2.15. The molecule has 0 saturated heterocycles. The SMILES string of the molecule is COCC(C)Nc1nc(Nc2ccc(S(=O)(=O)N(C)C)cc2)ncc1Cl. The van der Waals surface area contributed by atoms with E-state index in [1.54, 1.807) is 19.2 Å². The molecule has 8 nitrogen and oxygen atoms in total. The van der Waals surface area contributed by atoms with Crippen LogP contribution in [0.5, 0.6) is 0 Å². The van der Waals surface area contributed by atoms with E-state index in [9.17, 15) is 8.42 Å². The fourth-order valence-corrected chi connectivity index (χ4v) is 3.15. The van der Waals surface area contributed by atoms with Crippen LogP contribution in [-0.4, -0.2) is 56.5 Å². The molecule has 142 valence electrons. The molecule has 0 aliphatic carbocycles. The second-order valence-electron chi connectivity index (χ2n) is 5.83. The van der Waals surface area contributed by atoms with Crippen molar-refractivity contribution < 1.29 is 13.2 Å². The molecule has 0 amide bonds. The molecule has 2 aromatic rings. The normalized spacial score (nSPS) is 12.8. The maximum absolute atomic E-state index is 12.1. The van der Waals surface area contributed by atoms with Crippen molar-refractivity contribution in [3.8, 4) is 0 Å². The first-order chi connectivity index (χ1) is 12.2. The zero-order chi connectivity index (χ0) is 19.3. The molecule has 0 saturated carbocycles. The summed E-state index contributed by atoms with van der Waals surface area (Å²) in [4.78, 5) is 8.69. The molecule has 0 bridgehead atoms. The molecule has 1 unspecified atom stereocenters. The molecule has 1 heterocycles. The van der Waals surface area contributed by atoms with Crippen molar-refractivity contribution in [3.63, 3.8) is 0 Å². The van der Waals surface area contributed by atoms with Gasteiger partial charge in [0.2, 0.25) is 16.0 Å². The second kappa shape index (κ2) is 8.63. The number of methoxy groups -OCH3 is 1. The summed E-state index contributed by atoms with van der Waals surface area (Å²) in [5.41, 5.74) is 0.654. The summed E-state index contributed by atoms with van der Waals surface area (Å²) in [6, 6.07) is 6.36. The molecule has 1 aromatic heterocycles. The van der Waals surface area contributed by atoms with Crippen LogP contribution in [0.3, 0.4) is 0 Å². The number of nitrogens with one attached hydrogen (secondary N) is 2. The molecule has 1 atom stereocenters. The van der Waals surface area contributed by atoms with Gasteiger partial charge in [0.1, 0.15) is 5.02 Å². The van der Waals surface area contributed by atoms with Gasteiger partial charge in [-0.15, -0.1) is 0 Å². The summed E-state index contributed by atoms with van der Waals surface area (Å²) < 4.78 is 30.4. The Bertz CT molecular complexity index is 843. The molecular formula is C16H22ClN5O3S. The number of hydrogen-bond donors (Lipinski definition) is 2. The largest absolute Gasteiger partial charge is 0.383 e. The highest BCUT2D eigenvalue weighted by molar-refractivity contribution is 7.89. The number of aromatic nitrogens is 2. The van der Waals surface area contributed by atoms with Crippen molar-refractivity contribution >= 4 is 39.1 Å². The Labute approximate surface area is 158 Å². The van der Waals surface area contributed by atoms with Crippen LogP contribution in [0.2, 0.25) is 5.02 Å². The first-order valence-corrected chi connectivity index (χ1v) is 9.63. The van der Waals surface area contributed by atoms with Gasteiger partial charge < -0.3 is 15.4 Å². The fourth-order valence-electron chi connectivity index (χ4n) is 2.10. The van der Waals surface area contributed by atoms with Gasteiger partial charge in [0.05, 0.1) is 17.7 Å². The van der Waals surface area contributed by atoms with Crippen molar-refractivity contribution in [2.75, 3.05) is 38.4 Å². The highest BCUT2D eigenvalue weighted by Gasteiger charge is 2.16. The minimum Gasteiger partial charge on any atom is -0.383 e. The van der Waals surface area contributed by atoms with Gasteiger partial charge in [0, 0.05) is 32.9 Å². The smallest absolute Gasteiger partial charge is 0.242 e. The van der Waals surface area contributed by atoms with Gasteiger partial charge in [-0.3, -0.25) is 0 Å². The van der Waals surface area contributed by atoms with Crippen LogP contribution in [-0.2, 0) is 14.8 Å². The molecule has 10 heteroatoms. The van der Waals surface area contributed by atoms with E-state index in [-0.39, 0.29) is 10.9 Å². The monoisotopic (exact) mass is 399 g/mol. The van der Waals surface area contributed by atoms with Gasteiger partial charge in [-0.2, -0.15) is 4.98 Å². The molecule has 0 aliphatic rings. The lowest BCUT2D eigenvalue weighted by molar-refractivity contribution is 0.190. The third-order valence-corrected chi connectivity index (χ3v) is 5.54. The van der Waals surface area contributed by atoms with Crippen LogP contribution in [0.1, 0.15) is 6.92 Å². The summed E-state index contributed by atoms with van der Waals surface area (Å²) in [5.74, 6) is 0.824. The fraction of sp³-hybridized carbons (Fsp3) is 0.375. The molecular weight excluding hydrogens is 378 g/mol. The number of halogens is 1. The Hall–Kier alpha value is -1.94.